The molecule has 3 rings (SSSR count). The summed E-state index contributed by atoms with van der Waals surface area (Å²) in [7, 11) is -3.66. The second-order valence-corrected chi connectivity index (χ2v) is 10.8. The molecule has 1 N–H and O–H groups in total. The van der Waals surface area contributed by atoms with E-state index in [1.54, 1.807) is 5.38 Å². The summed E-state index contributed by atoms with van der Waals surface area (Å²) >= 11 is 1.18. The molecule has 0 aliphatic carbocycles. The molecule has 0 saturated carbocycles. The maximum atomic E-state index is 12.9. The highest BCUT2D eigenvalue weighted by Crippen LogP contribution is 2.26. The minimum atomic E-state index is -3.66. The van der Waals surface area contributed by atoms with Crippen LogP contribution < -0.4 is 5.32 Å². The van der Waals surface area contributed by atoms with Crippen LogP contribution in [0.15, 0.2) is 16.3 Å². The van der Waals surface area contributed by atoms with E-state index in [0.717, 1.165) is 37.9 Å². The number of nitrogens with one attached hydrogen (secondary N) is 1. The van der Waals surface area contributed by atoms with Gasteiger partial charge in [0.15, 0.2) is 0 Å². The summed E-state index contributed by atoms with van der Waals surface area (Å²) in [5.74, 6) is 1.14. The fraction of sp³-hybridized carbons (Fsp3) is 0.737. The number of thiophene rings is 1. The van der Waals surface area contributed by atoms with Gasteiger partial charge < -0.3 is 15.0 Å². The summed E-state index contributed by atoms with van der Waals surface area (Å²) in [6.45, 7) is 9.74. The maximum absolute atomic E-state index is 12.9. The van der Waals surface area contributed by atoms with Gasteiger partial charge in [-0.2, -0.15) is 4.31 Å². The predicted octanol–water partition coefficient (Wildman–Crippen LogP) is 1.87. The van der Waals surface area contributed by atoms with Crippen molar-refractivity contribution in [2.75, 3.05) is 52.5 Å². The van der Waals surface area contributed by atoms with Gasteiger partial charge in [-0.1, -0.05) is 13.8 Å². The summed E-state index contributed by atoms with van der Waals surface area (Å²) in [5, 5.41) is 4.57. The number of rotatable bonds is 7. The van der Waals surface area contributed by atoms with E-state index in [0.29, 0.717) is 32.8 Å². The normalized spacial score (nSPS) is 24.9. The number of amides is 1. The highest BCUT2D eigenvalue weighted by molar-refractivity contribution is 7.89. The van der Waals surface area contributed by atoms with Crippen molar-refractivity contribution in [2.45, 2.75) is 31.6 Å². The van der Waals surface area contributed by atoms with Crippen LogP contribution in [0.3, 0.4) is 0 Å². The van der Waals surface area contributed by atoms with Gasteiger partial charge in [-0.3, -0.25) is 4.79 Å². The zero-order valence-corrected chi connectivity index (χ0v) is 18.4. The van der Waals surface area contributed by atoms with E-state index in [-0.39, 0.29) is 15.7 Å². The molecule has 158 valence electrons. The number of likely N-dealkylation sites (tertiary alicyclic amines) is 1. The topological polar surface area (TPSA) is 79.0 Å². The number of nitrogens with zero attached hydrogens (tertiary/aromatic N) is 2. The lowest BCUT2D eigenvalue weighted by molar-refractivity contribution is 0.0730. The lowest BCUT2D eigenvalue weighted by atomic mass is 9.92. The highest BCUT2D eigenvalue weighted by Gasteiger charge is 2.31. The van der Waals surface area contributed by atoms with Gasteiger partial charge in [0, 0.05) is 32.7 Å². The minimum Gasteiger partial charge on any atom is -0.379 e. The standard InChI is InChI=1S/C19H31N3O4S2/c1-15-12-16(2)14-21(13-15)6-3-5-20-19(23)18-17(4-11-27-18)28(24,25)22-7-9-26-10-8-22/h4,11,15-16H,3,5-10,12-14H2,1-2H3,(H,20,23)/t15-,16+. The Balaban J connectivity index is 1.52. The molecule has 1 aromatic heterocycles. The zero-order valence-electron chi connectivity index (χ0n) is 16.7. The Bertz CT molecular complexity index is 749. The number of piperidine rings is 1. The molecule has 2 aliphatic rings. The van der Waals surface area contributed by atoms with Gasteiger partial charge >= 0.3 is 0 Å². The molecule has 0 bridgehead atoms. The monoisotopic (exact) mass is 429 g/mol. The van der Waals surface area contributed by atoms with E-state index >= 15 is 0 Å². The molecule has 0 unspecified atom stereocenters. The van der Waals surface area contributed by atoms with Gasteiger partial charge in [0.25, 0.3) is 5.91 Å². The largest absolute Gasteiger partial charge is 0.379 e. The third-order valence-electron chi connectivity index (χ3n) is 5.30. The van der Waals surface area contributed by atoms with Crippen LogP contribution in [0, 0.1) is 11.8 Å². The predicted molar refractivity (Wildman–Crippen MR) is 110 cm³/mol. The highest BCUT2D eigenvalue weighted by atomic mass is 32.2. The first-order valence-corrected chi connectivity index (χ1v) is 12.4. The van der Waals surface area contributed by atoms with Crippen molar-refractivity contribution in [1.29, 1.82) is 0 Å². The van der Waals surface area contributed by atoms with E-state index in [9.17, 15) is 13.2 Å². The fourth-order valence-corrected chi connectivity index (χ4v) is 6.88. The molecule has 1 aromatic rings. The smallest absolute Gasteiger partial charge is 0.262 e. The van der Waals surface area contributed by atoms with Crippen LogP contribution in [0.4, 0.5) is 0 Å². The van der Waals surface area contributed by atoms with Crippen molar-refractivity contribution in [3.05, 3.63) is 16.3 Å². The van der Waals surface area contributed by atoms with Crippen LogP contribution in [0.1, 0.15) is 36.4 Å². The first-order valence-electron chi connectivity index (χ1n) is 10.0. The number of sulfonamides is 1. The summed E-state index contributed by atoms with van der Waals surface area (Å²) in [4.78, 5) is 15.4. The lowest BCUT2D eigenvalue weighted by Gasteiger charge is -2.34. The molecule has 2 atom stereocenters. The van der Waals surface area contributed by atoms with Crippen LogP contribution in [-0.4, -0.2) is 76.0 Å². The molecule has 2 fully saturated rings. The van der Waals surface area contributed by atoms with Crippen LogP contribution >= 0.6 is 11.3 Å². The second-order valence-electron chi connectivity index (χ2n) is 7.95. The van der Waals surface area contributed by atoms with Crippen LogP contribution in [-0.2, 0) is 14.8 Å². The van der Waals surface area contributed by atoms with Gasteiger partial charge in [-0.15, -0.1) is 11.3 Å². The summed E-state index contributed by atoms with van der Waals surface area (Å²) in [5.41, 5.74) is 0. The van der Waals surface area contributed by atoms with Crippen molar-refractivity contribution >= 4 is 27.3 Å². The average Bonchev–Trinajstić information content (AvgIpc) is 3.16. The van der Waals surface area contributed by atoms with Gasteiger partial charge in [0.05, 0.1) is 13.2 Å². The Morgan fingerprint density at radius 1 is 1.25 bits per heavy atom. The van der Waals surface area contributed by atoms with Crippen LogP contribution in [0.25, 0.3) is 0 Å². The molecule has 2 aliphatic heterocycles. The third-order valence-corrected chi connectivity index (χ3v) is 8.29. The van der Waals surface area contributed by atoms with Crippen LogP contribution in [0.2, 0.25) is 0 Å². The quantitative estimate of drug-likeness (QED) is 0.670. The first kappa shape index (κ1) is 21.7. The molecule has 0 spiro atoms. The molecule has 7 nitrogen and oxygen atoms in total. The zero-order chi connectivity index (χ0) is 20.1. The Morgan fingerprint density at radius 2 is 1.93 bits per heavy atom. The molecule has 3 heterocycles. The van der Waals surface area contributed by atoms with E-state index in [4.69, 9.17) is 4.74 Å². The molecule has 2 saturated heterocycles. The number of hydrogen-bond donors (Lipinski definition) is 1. The molecular weight excluding hydrogens is 398 g/mol. The molecule has 0 aromatic carbocycles. The van der Waals surface area contributed by atoms with Gasteiger partial charge in [-0.05, 0) is 42.7 Å². The minimum absolute atomic E-state index is 0.107. The lowest BCUT2D eigenvalue weighted by Crippen LogP contribution is -2.41. The van der Waals surface area contributed by atoms with E-state index in [2.05, 4.69) is 24.1 Å². The Kier molecular flexibility index (Phi) is 7.49. The van der Waals surface area contributed by atoms with Crippen LogP contribution in [0.5, 0.6) is 0 Å². The SMILES string of the molecule is C[C@@H]1C[C@H](C)CN(CCCNC(=O)c2sccc2S(=O)(=O)N2CCOCC2)C1. The molecule has 0 radical (unpaired) electrons. The van der Waals surface area contributed by atoms with E-state index < -0.39 is 10.0 Å². The van der Waals surface area contributed by atoms with Crippen molar-refractivity contribution in [2.24, 2.45) is 11.8 Å². The van der Waals surface area contributed by atoms with E-state index in [1.165, 1.54) is 28.1 Å². The number of carbonyl (C=O) groups is 1. The Morgan fingerprint density at radius 3 is 2.61 bits per heavy atom. The Labute approximate surface area is 172 Å². The van der Waals surface area contributed by atoms with Gasteiger partial charge in [0.1, 0.15) is 9.77 Å². The first-order chi connectivity index (χ1) is 13.4. The summed E-state index contributed by atoms with van der Waals surface area (Å²) in [6.07, 6.45) is 2.15. The second kappa shape index (κ2) is 9.67. The van der Waals surface area contributed by atoms with Crippen molar-refractivity contribution in [3.63, 3.8) is 0 Å². The van der Waals surface area contributed by atoms with Crippen molar-refractivity contribution < 1.29 is 17.9 Å². The van der Waals surface area contributed by atoms with Gasteiger partial charge in [-0.25, -0.2) is 8.42 Å². The molecule has 1 amide bonds. The van der Waals surface area contributed by atoms with Crippen molar-refractivity contribution in [1.82, 2.24) is 14.5 Å². The molecule has 9 heteroatoms. The average molecular weight is 430 g/mol. The number of carbonyl (C=O) groups excluding carboxylic acids is 1. The number of ether oxygens (including phenoxy) is 1. The molecule has 28 heavy (non-hydrogen) atoms. The summed E-state index contributed by atoms with van der Waals surface area (Å²) < 4.78 is 32.4. The number of morpholine rings is 1. The van der Waals surface area contributed by atoms with Gasteiger partial charge in [0.2, 0.25) is 10.0 Å². The van der Waals surface area contributed by atoms with E-state index in [1.807, 2.05) is 0 Å². The molecular formula is C19H31N3O4S2. The third kappa shape index (κ3) is 5.33. The fourth-order valence-electron chi connectivity index (χ4n) is 4.15. The Hall–Kier alpha value is -1.00. The summed E-state index contributed by atoms with van der Waals surface area (Å²) in [6, 6.07) is 1.53. The van der Waals surface area contributed by atoms with Crippen molar-refractivity contribution in [3.8, 4) is 0 Å². The number of hydrogen-bond acceptors (Lipinski definition) is 6. The maximum Gasteiger partial charge on any atom is 0.262 e.